The number of aryl methyl sites for hydroxylation is 1. The smallest absolute Gasteiger partial charge is 0.302 e. The van der Waals surface area contributed by atoms with Crippen molar-refractivity contribution < 1.29 is 14.3 Å². The summed E-state index contributed by atoms with van der Waals surface area (Å²) in [5, 5.41) is 0. The Bertz CT molecular complexity index is 739. The molecule has 4 heteroatoms. The molecule has 2 aliphatic carbocycles. The molecule has 0 amide bonds. The fourth-order valence-electron chi connectivity index (χ4n) is 4.97. The van der Waals surface area contributed by atoms with E-state index in [0.29, 0.717) is 5.92 Å². The molecule has 0 bridgehead atoms. The van der Waals surface area contributed by atoms with Gasteiger partial charge in [0.1, 0.15) is 11.9 Å². The molecule has 1 aromatic rings. The number of hydrogen-bond acceptors (Lipinski definition) is 4. The van der Waals surface area contributed by atoms with Gasteiger partial charge in [-0.1, -0.05) is 18.6 Å². The Morgan fingerprint density at radius 2 is 2.08 bits per heavy atom. The number of thioether (sulfide) groups is 1. The van der Waals surface area contributed by atoms with Crippen LogP contribution in [0.5, 0.6) is 5.75 Å². The summed E-state index contributed by atoms with van der Waals surface area (Å²) in [6, 6.07) is 6.52. The molecule has 3 atom stereocenters. The standard InChI is InChI=1S/C21H26O3S/c1-13(22)24-20-12-25-11-19-18-6-4-14-10-15(23-3)5-7-16(14)17(18)8-9-21(19,20)2/h5,7,10,19-20H,4,6,8-9,11-12H2,1-3H3. The zero-order valence-electron chi connectivity index (χ0n) is 15.3. The van der Waals surface area contributed by atoms with Gasteiger partial charge in [-0.15, -0.1) is 0 Å². The maximum atomic E-state index is 11.6. The van der Waals surface area contributed by atoms with Crippen LogP contribution in [0.15, 0.2) is 23.8 Å². The number of carbonyl (C=O) groups excluding carboxylic acids is 1. The fourth-order valence-corrected chi connectivity index (χ4v) is 6.58. The first kappa shape index (κ1) is 17.0. The minimum atomic E-state index is -0.145. The van der Waals surface area contributed by atoms with Gasteiger partial charge in [0.2, 0.25) is 0 Å². The molecule has 0 aromatic heterocycles. The summed E-state index contributed by atoms with van der Waals surface area (Å²) in [7, 11) is 1.73. The van der Waals surface area contributed by atoms with Crippen LogP contribution in [0.2, 0.25) is 0 Å². The van der Waals surface area contributed by atoms with Crippen molar-refractivity contribution in [3.05, 3.63) is 34.9 Å². The molecule has 0 saturated carbocycles. The van der Waals surface area contributed by atoms with Gasteiger partial charge in [0, 0.05) is 23.8 Å². The number of fused-ring (bicyclic) bond motifs is 4. The average Bonchev–Trinajstić information content (AvgIpc) is 2.61. The van der Waals surface area contributed by atoms with E-state index in [2.05, 4.69) is 25.1 Å². The van der Waals surface area contributed by atoms with Crippen LogP contribution in [0.25, 0.3) is 5.57 Å². The average molecular weight is 359 g/mol. The molecule has 3 aliphatic rings. The van der Waals surface area contributed by atoms with Crippen LogP contribution in [-0.4, -0.2) is 30.7 Å². The lowest BCUT2D eigenvalue weighted by Crippen LogP contribution is -2.50. The Kier molecular flexibility index (Phi) is 4.35. The van der Waals surface area contributed by atoms with Crippen molar-refractivity contribution in [1.82, 2.24) is 0 Å². The molecule has 1 saturated heterocycles. The molecule has 1 aliphatic heterocycles. The minimum Gasteiger partial charge on any atom is -0.497 e. The predicted molar refractivity (Wildman–Crippen MR) is 102 cm³/mol. The summed E-state index contributed by atoms with van der Waals surface area (Å²) in [5.74, 6) is 3.41. The highest BCUT2D eigenvalue weighted by molar-refractivity contribution is 7.99. The zero-order valence-corrected chi connectivity index (χ0v) is 16.1. The summed E-state index contributed by atoms with van der Waals surface area (Å²) >= 11 is 1.94. The van der Waals surface area contributed by atoms with Gasteiger partial charge in [-0.2, -0.15) is 11.8 Å². The Morgan fingerprint density at radius 1 is 1.24 bits per heavy atom. The van der Waals surface area contributed by atoms with Gasteiger partial charge in [0.05, 0.1) is 7.11 Å². The molecule has 3 unspecified atom stereocenters. The molecule has 1 fully saturated rings. The van der Waals surface area contributed by atoms with Crippen molar-refractivity contribution in [2.45, 2.75) is 45.6 Å². The van der Waals surface area contributed by atoms with Gasteiger partial charge in [-0.05, 0) is 60.4 Å². The number of allylic oxidation sites excluding steroid dienone is 2. The summed E-state index contributed by atoms with van der Waals surface area (Å²) in [6.45, 7) is 3.88. The molecule has 0 N–H and O–H groups in total. The quantitative estimate of drug-likeness (QED) is 0.730. The van der Waals surface area contributed by atoms with E-state index in [1.165, 1.54) is 18.1 Å². The normalized spacial score (nSPS) is 30.8. The van der Waals surface area contributed by atoms with E-state index in [0.717, 1.165) is 42.9 Å². The van der Waals surface area contributed by atoms with Crippen molar-refractivity contribution >= 4 is 23.3 Å². The lowest BCUT2D eigenvalue weighted by Gasteiger charge is -2.51. The van der Waals surface area contributed by atoms with Crippen molar-refractivity contribution in [2.24, 2.45) is 11.3 Å². The number of methoxy groups -OCH3 is 1. The minimum absolute atomic E-state index is 0.0417. The summed E-state index contributed by atoms with van der Waals surface area (Å²) in [5.41, 5.74) is 6.09. The van der Waals surface area contributed by atoms with E-state index in [9.17, 15) is 4.79 Å². The molecule has 0 radical (unpaired) electrons. The molecule has 1 heterocycles. The van der Waals surface area contributed by atoms with Crippen LogP contribution in [-0.2, 0) is 16.0 Å². The third-order valence-corrected chi connectivity index (χ3v) is 7.52. The van der Waals surface area contributed by atoms with Gasteiger partial charge in [-0.3, -0.25) is 4.79 Å². The van der Waals surface area contributed by atoms with E-state index in [4.69, 9.17) is 9.47 Å². The largest absolute Gasteiger partial charge is 0.497 e. The van der Waals surface area contributed by atoms with E-state index in [1.807, 2.05) is 11.8 Å². The van der Waals surface area contributed by atoms with E-state index >= 15 is 0 Å². The van der Waals surface area contributed by atoms with Gasteiger partial charge in [0.15, 0.2) is 0 Å². The third-order valence-electron chi connectivity index (χ3n) is 6.42. The highest BCUT2D eigenvalue weighted by Crippen LogP contribution is 2.56. The number of ether oxygens (including phenoxy) is 2. The lowest BCUT2D eigenvalue weighted by molar-refractivity contribution is -0.153. The Morgan fingerprint density at radius 3 is 2.84 bits per heavy atom. The van der Waals surface area contributed by atoms with Gasteiger partial charge in [-0.25, -0.2) is 0 Å². The topological polar surface area (TPSA) is 35.5 Å². The van der Waals surface area contributed by atoms with Crippen LogP contribution in [0.1, 0.15) is 44.2 Å². The number of carbonyl (C=O) groups is 1. The monoisotopic (exact) mass is 358 g/mol. The maximum absolute atomic E-state index is 11.6. The molecular weight excluding hydrogens is 332 g/mol. The second-order valence-electron chi connectivity index (χ2n) is 7.72. The molecular formula is C21H26O3S. The first-order valence-electron chi connectivity index (χ1n) is 9.17. The Labute approximate surface area is 154 Å². The predicted octanol–water partition coefficient (Wildman–Crippen LogP) is 4.49. The highest BCUT2D eigenvalue weighted by atomic mass is 32.2. The van der Waals surface area contributed by atoms with Gasteiger partial charge in [0.25, 0.3) is 0 Å². The van der Waals surface area contributed by atoms with Crippen molar-refractivity contribution in [3.8, 4) is 5.75 Å². The van der Waals surface area contributed by atoms with E-state index in [-0.39, 0.29) is 17.5 Å². The van der Waals surface area contributed by atoms with Crippen LogP contribution < -0.4 is 4.74 Å². The Hall–Kier alpha value is -1.42. The van der Waals surface area contributed by atoms with Gasteiger partial charge >= 0.3 is 5.97 Å². The van der Waals surface area contributed by atoms with Crippen LogP contribution in [0, 0.1) is 11.3 Å². The van der Waals surface area contributed by atoms with E-state index in [1.54, 1.807) is 18.3 Å². The van der Waals surface area contributed by atoms with E-state index < -0.39 is 0 Å². The van der Waals surface area contributed by atoms with Crippen LogP contribution in [0.4, 0.5) is 0 Å². The van der Waals surface area contributed by atoms with Crippen LogP contribution >= 0.6 is 11.8 Å². The molecule has 3 nitrogen and oxygen atoms in total. The zero-order chi connectivity index (χ0) is 17.6. The Balaban J connectivity index is 1.72. The summed E-state index contributed by atoms with van der Waals surface area (Å²) in [4.78, 5) is 11.6. The summed E-state index contributed by atoms with van der Waals surface area (Å²) in [6.07, 6.45) is 4.44. The first-order valence-corrected chi connectivity index (χ1v) is 10.3. The molecule has 25 heavy (non-hydrogen) atoms. The molecule has 134 valence electrons. The second-order valence-corrected chi connectivity index (χ2v) is 8.80. The molecule has 0 spiro atoms. The lowest BCUT2D eigenvalue weighted by atomic mass is 9.60. The second kappa shape index (κ2) is 6.39. The van der Waals surface area contributed by atoms with Crippen LogP contribution in [0.3, 0.4) is 0 Å². The van der Waals surface area contributed by atoms with Crippen molar-refractivity contribution in [2.75, 3.05) is 18.6 Å². The number of benzene rings is 1. The molecule has 1 aromatic carbocycles. The highest BCUT2D eigenvalue weighted by Gasteiger charge is 2.50. The third kappa shape index (κ3) is 2.79. The first-order chi connectivity index (χ1) is 12.0. The number of rotatable bonds is 2. The van der Waals surface area contributed by atoms with Crippen molar-refractivity contribution in [3.63, 3.8) is 0 Å². The summed E-state index contributed by atoms with van der Waals surface area (Å²) < 4.78 is 11.1. The SMILES string of the molecule is COc1ccc2c(c1)CCC1=C2CCC2(C)C(OC(C)=O)CSCC12. The maximum Gasteiger partial charge on any atom is 0.302 e. The fraction of sp³-hybridized carbons (Fsp3) is 0.571. The molecule has 4 rings (SSSR count). The number of esters is 1. The van der Waals surface area contributed by atoms with Crippen molar-refractivity contribution in [1.29, 1.82) is 0 Å². The van der Waals surface area contributed by atoms with Gasteiger partial charge < -0.3 is 9.47 Å². The number of hydrogen-bond donors (Lipinski definition) is 0.